The Morgan fingerprint density at radius 1 is 1.42 bits per heavy atom. The van der Waals surface area contributed by atoms with E-state index in [0.717, 1.165) is 5.56 Å². The SMILES string of the molecule is [C-]#[N+]c1ccc(C2ON2NC(=O)OC(C)(C)C)cc1. The molecule has 1 amide bonds. The largest absolute Gasteiger partial charge is 0.443 e. The van der Waals surface area contributed by atoms with Crippen molar-refractivity contribution in [3.63, 3.8) is 0 Å². The van der Waals surface area contributed by atoms with Gasteiger partial charge in [-0.2, -0.15) is 0 Å². The van der Waals surface area contributed by atoms with E-state index in [1.807, 2.05) is 0 Å². The summed E-state index contributed by atoms with van der Waals surface area (Å²) in [6.07, 6.45) is -0.889. The highest BCUT2D eigenvalue weighted by molar-refractivity contribution is 5.67. The number of hydrogen-bond acceptors (Lipinski definition) is 4. The van der Waals surface area contributed by atoms with Gasteiger partial charge in [0.1, 0.15) is 5.60 Å². The van der Waals surface area contributed by atoms with Gasteiger partial charge in [0.25, 0.3) is 0 Å². The summed E-state index contributed by atoms with van der Waals surface area (Å²) in [5.74, 6) is 0. The molecule has 0 aromatic heterocycles. The van der Waals surface area contributed by atoms with E-state index >= 15 is 0 Å². The van der Waals surface area contributed by atoms with E-state index in [0.29, 0.717) is 5.69 Å². The number of nitrogens with one attached hydrogen (secondary N) is 1. The van der Waals surface area contributed by atoms with Crippen LogP contribution in [0, 0.1) is 6.57 Å². The summed E-state index contributed by atoms with van der Waals surface area (Å²) in [6, 6.07) is 6.98. The van der Waals surface area contributed by atoms with Gasteiger partial charge in [0.15, 0.2) is 5.69 Å². The molecule has 0 radical (unpaired) electrons. The molecule has 6 heteroatoms. The number of hydrazine groups is 1. The molecule has 2 unspecified atom stereocenters. The van der Waals surface area contributed by atoms with Gasteiger partial charge in [0.2, 0.25) is 6.23 Å². The van der Waals surface area contributed by atoms with Gasteiger partial charge < -0.3 is 4.74 Å². The molecule has 1 aliphatic heterocycles. The third kappa shape index (κ3) is 3.68. The maximum atomic E-state index is 11.5. The number of carbonyl (C=O) groups is 1. The standard InChI is InChI=1S/C13H15N3O3/c1-13(2,3)18-12(17)15-16-11(19-16)9-5-7-10(14-4)8-6-9/h5-8,11H,1-3H3,(H,15,17). The molecule has 2 atom stereocenters. The average Bonchev–Trinajstić information content (AvgIpc) is 3.06. The summed E-state index contributed by atoms with van der Waals surface area (Å²) in [5, 5.41) is 1.31. The minimum Gasteiger partial charge on any atom is -0.443 e. The topological polar surface area (TPSA) is 58.2 Å². The van der Waals surface area contributed by atoms with Crippen molar-refractivity contribution in [1.29, 1.82) is 0 Å². The molecule has 0 saturated carbocycles. The van der Waals surface area contributed by atoms with Crippen molar-refractivity contribution in [1.82, 2.24) is 10.6 Å². The zero-order chi connectivity index (χ0) is 14.0. The van der Waals surface area contributed by atoms with E-state index in [-0.39, 0.29) is 6.23 Å². The lowest BCUT2D eigenvalue weighted by molar-refractivity contribution is 0.0294. The van der Waals surface area contributed by atoms with Crippen molar-refractivity contribution in [2.45, 2.75) is 32.6 Å². The molecule has 100 valence electrons. The number of rotatable bonds is 2. The Balaban J connectivity index is 1.87. The van der Waals surface area contributed by atoms with E-state index in [1.54, 1.807) is 45.0 Å². The molecule has 1 aliphatic rings. The Hall–Kier alpha value is -2.10. The van der Waals surface area contributed by atoms with Crippen LogP contribution in [0.5, 0.6) is 0 Å². The highest BCUT2D eigenvalue weighted by Gasteiger charge is 2.40. The second kappa shape index (κ2) is 4.88. The molecule has 1 saturated heterocycles. The number of ether oxygens (including phenoxy) is 1. The fourth-order valence-corrected chi connectivity index (χ4v) is 1.47. The highest BCUT2D eigenvalue weighted by atomic mass is 16.9. The number of hydrogen-bond donors (Lipinski definition) is 1. The van der Waals surface area contributed by atoms with Crippen molar-refractivity contribution in [3.05, 3.63) is 41.2 Å². The summed E-state index contributed by atoms with van der Waals surface area (Å²) in [7, 11) is 0. The van der Waals surface area contributed by atoms with Crippen molar-refractivity contribution < 1.29 is 14.4 Å². The van der Waals surface area contributed by atoms with E-state index in [9.17, 15) is 4.79 Å². The predicted octanol–water partition coefficient (Wildman–Crippen LogP) is 2.92. The number of hydroxylamine groups is 1. The van der Waals surface area contributed by atoms with Crippen LogP contribution < -0.4 is 5.43 Å². The molecule has 6 nitrogen and oxygen atoms in total. The third-order valence-corrected chi connectivity index (χ3v) is 2.29. The van der Waals surface area contributed by atoms with Crippen LogP contribution in [-0.4, -0.2) is 16.9 Å². The van der Waals surface area contributed by atoms with Crippen molar-refractivity contribution in [2.75, 3.05) is 0 Å². The van der Waals surface area contributed by atoms with E-state index in [4.69, 9.17) is 16.1 Å². The Kier molecular flexibility index (Phi) is 3.42. The first kappa shape index (κ1) is 13.3. The molecule has 1 fully saturated rings. The van der Waals surface area contributed by atoms with Gasteiger partial charge in [-0.15, -0.1) is 0 Å². The van der Waals surface area contributed by atoms with Crippen molar-refractivity contribution >= 4 is 11.8 Å². The second-order valence-corrected chi connectivity index (χ2v) is 5.10. The van der Waals surface area contributed by atoms with Gasteiger partial charge in [-0.3, -0.25) is 0 Å². The van der Waals surface area contributed by atoms with Crippen LogP contribution in [0.25, 0.3) is 4.85 Å². The smallest absolute Gasteiger partial charge is 0.424 e. The van der Waals surface area contributed by atoms with Gasteiger partial charge in [0, 0.05) is 0 Å². The lowest BCUT2D eigenvalue weighted by Gasteiger charge is -2.19. The molecule has 19 heavy (non-hydrogen) atoms. The van der Waals surface area contributed by atoms with Gasteiger partial charge in [-0.1, -0.05) is 29.4 Å². The van der Waals surface area contributed by atoms with Crippen LogP contribution in [0.2, 0.25) is 0 Å². The zero-order valence-electron chi connectivity index (χ0n) is 11.0. The number of amides is 1. The third-order valence-electron chi connectivity index (χ3n) is 2.29. The zero-order valence-corrected chi connectivity index (χ0v) is 11.0. The molecule has 1 aromatic carbocycles. The Morgan fingerprint density at radius 3 is 2.58 bits per heavy atom. The fourth-order valence-electron chi connectivity index (χ4n) is 1.47. The molecule has 2 rings (SSSR count). The molecule has 0 aliphatic carbocycles. The first-order chi connectivity index (χ1) is 8.89. The molecule has 0 bridgehead atoms. The van der Waals surface area contributed by atoms with Crippen LogP contribution in [0.3, 0.4) is 0 Å². The van der Waals surface area contributed by atoms with Crippen LogP contribution in [0.4, 0.5) is 10.5 Å². The Labute approximate surface area is 111 Å². The predicted molar refractivity (Wildman–Crippen MR) is 67.7 cm³/mol. The lowest BCUT2D eigenvalue weighted by atomic mass is 10.2. The van der Waals surface area contributed by atoms with Gasteiger partial charge >= 0.3 is 6.09 Å². The summed E-state index contributed by atoms with van der Waals surface area (Å²) in [6.45, 7) is 12.2. The molecule has 1 aromatic rings. The maximum absolute atomic E-state index is 11.5. The summed E-state index contributed by atoms with van der Waals surface area (Å²) >= 11 is 0. The van der Waals surface area contributed by atoms with Crippen molar-refractivity contribution in [3.8, 4) is 0 Å². The Bertz CT molecular complexity index is 513. The highest BCUT2D eigenvalue weighted by Crippen LogP contribution is 2.35. The number of benzene rings is 1. The van der Waals surface area contributed by atoms with E-state index in [2.05, 4.69) is 10.3 Å². The van der Waals surface area contributed by atoms with Crippen LogP contribution in [-0.2, 0) is 9.57 Å². The quantitative estimate of drug-likeness (QED) is 0.657. The minimum absolute atomic E-state index is 0.327. The van der Waals surface area contributed by atoms with Gasteiger partial charge in [0.05, 0.1) is 6.57 Å². The summed E-state index contributed by atoms with van der Waals surface area (Å²) in [5.41, 5.74) is 3.36. The summed E-state index contributed by atoms with van der Waals surface area (Å²) in [4.78, 5) is 20.0. The van der Waals surface area contributed by atoms with Gasteiger partial charge in [-0.25, -0.2) is 19.9 Å². The van der Waals surface area contributed by atoms with Crippen LogP contribution in [0.1, 0.15) is 32.6 Å². The lowest BCUT2D eigenvalue weighted by Crippen LogP contribution is -2.35. The van der Waals surface area contributed by atoms with Crippen LogP contribution in [0.15, 0.2) is 24.3 Å². The summed E-state index contributed by atoms with van der Waals surface area (Å²) < 4.78 is 5.10. The molecular weight excluding hydrogens is 246 g/mol. The molecular formula is C13H15N3O3. The monoisotopic (exact) mass is 261 g/mol. The first-order valence-corrected chi connectivity index (χ1v) is 5.82. The minimum atomic E-state index is -0.562. The maximum Gasteiger partial charge on any atom is 0.424 e. The normalized spacial score (nSPS) is 21.4. The van der Waals surface area contributed by atoms with Crippen LogP contribution >= 0.6 is 0 Å². The fraction of sp³-hybridized carbons (Fsp3) is 0.385. The van der Waals surface area contributed by atoms with E-state index in [1.165, 1.54) is 5.17 Å². The Morgan fingerprint density at radius 2 is 2.05 bits per heavy atom. The second-order valence-electron chi connectivity index (χ2n) is 5.10. The van der Waals surface area contributed by atoms with Crippen molar-refractivity contribution in [2.24, 2.45) is 0 Å². The first-order valence-electron chi connectivity index (χ1n) is 5.82. The van der Waals surface area contributed by atoms with Gasteiger partial charge in [-0.05, 0) is 26.3 Å². The molecule has 1 heterocycles. The average molecular weight is 261 g/mol. The van der Waals surface area contributed by atoms with E-state index < -0.39 is 11.7 Å². The number of carbonyl (C=O) groups excluding carboxylic acids is 1. The molecule has 0 spiro atoms. The molecule has 1 N–H and O–H groups in total. The number of nitrogens with zero attached hydrogens (tertiary/aromatic N) is 2.